The van der Waals surface area contributed by atoms with Gasteiger partial charge in [-0.2, -0.15) is 0 Å². The molecule has 0 spiro atoms. The highest BCUT2D eigenvalue weighted by atomic mass is 16.5. The maximum Gasteiger partial charge on any atom is 0.293 e. The smallest absolute Gasteiger partial charge is 0.293 e. The lowest BCUT2D eigenvalue weighted by atomic mass is 10.2. The maximum atomic E-state index is 9.90. The Bertz CT molecular complexity index is 104. The highest BCUT2D eigenvalue weighted by molar-refractivity contribution is 5.58. The van der Waals surface area contributed by atoms with Crippen molar-refractivity contribution < 1.29 is 14.3 Å². The largest absolute Gasteiger partial charge is 0.463 e. The van der Waals surface area contributed by atoms with Crippen LogP contribution in [0.3, 0.4) is 0 Å². The van der Waals surface area contributed by atoms with Gasteiger partial charge in [-0.1, -0.05) is 0 Å². The molecule has 0 aliphatic rings. The van der Waals surface area contributed by atoms with Gasteiger partial charge in [0.1, 0.15) is 12.4 Å². The van der Waals surface area contributed by atoms with Crippen LogP contribution in [0, 0.1) is 0 Å². The first kappa shape index (κ1) is 8.10. The number of hydrogen-bond acceptors (Lipinski definition) is 4. The quantitative estimate of drug-likeness (QED) is 0.500. The second kappa shape index (κ2) is 4.03. The molecular weight excluding hydrogens is 122 g/mol. The van der Waals surface area contributed by atoms with E-state index in [1.54, 1.807) is 6.92 Å². The highest BCUT2D eigenvalue weighted by Crippen LogP contribution is 1.89. The number of nitrogens with two attached hydrogens (primary N) is 1. The Morgan fingerprint density at radius 1 is 1.56 bits per heavy atom. The van der Waals surface area contributed by atoms with Crippen molar-refractivity contribution in [2.45, 2.75) is 19.1 Å². The standard InChI is InChI=1S/C5H9NO3/c1-4(9-3-8)5(6)2-7/h2-5H,6H2,1H3. The van der Waals surface area contributed by atoms with Gasteiger partial charge in [-0.25, -0.2) is 0 Å². The van der Waals surface area contributed by atoms with E-state index < -0.39 is 12.1 Å². The molecular formula is C5H9NO3. The Balaban J connectivity index is 3.56. The number of hydrogen-bond donors (Lipinski definition) is 1. The summed E-state index contributed by atoms with van der Waals surface area (Å²) in [4.78, 5) is 19.5. The predicted octanol–water partition coefficient (Wildman–Crippen LogP) is -0.926. The molecule has 0 amide bonds. The van der Waals surface area contributed by atoms with Gasteiger partial charge in [-0.3, -0.25) is 4.79 Å². The second-order valence-electron chi connectivity index (χ2n) is 1.65. The molecule has 2 N–H and O–H groups in total. The van der Waals surface area contributed by atoms with Crippen molar-refractivity contribution in [1.82, 2.24) is 0 Å². The number of rotatable bonds is 4. The molecule has 52 valence electrons. The van der Waals surface area contributed by atoms with Crippen molar-refractivity contribution in [3.63, 3.8) is 0 Å². The first-order chi connectivity index (χ1) is 4.22. The zero-order chi connectivity index (χ0) is 7.28. The van der Waals surface area contributed by atoms with Crippen molar-refractivity contribution >= 4 is 12.8 Å². The van der Waals surface area contributed by atoms with E-state index in [1.165, 1.54) is 0 Å². The fraction of sp³-hybridized carbons (Fsp3) is 0.600. The van der Waals surface area contributed by atoms with Crippen LogP contribution in [0.25, 0.3) is 0 Å². The van der Waals surface area contributed by atoms with Crippen LogP contribution in [0.1, 0.15) is 6.92 Å². The first-order valence-electron chi connectivity index (χ1n) is 2.52. The van der Waals surface area contributed by atoms with E-state index in [-0.39, 0.29) is 6.47 Å². The summed E-state index contributed by atoms with van der Waals surface area (Å²) in [6, 6.07) is -0.713. The Kier molecular flexibility index (Phi) is 3.62. The van der Waals surface area contributed by atoms with Crippen LogP contribution in [-0.2, 0) is 14.3 Å². The Morgan fingerprint density at radius 3 is 2.44 bits per heavy atom. The molecule has 2 atom stereocenters. The minimum Gasteiger partial charge on any atom is -0.463 e. The molecule has 0 bridgehead atoms. The number of carbonyl (C=O) groups excluding carboxylic acids is 2. The lowest BCUT2D eigenvalue weighted by Gasteiger charge is -2.10. The lowest BCUT2D eigenvalue weighted by Crippen LogP contribution is -2.35. The van der Waals surface area contributed by atoms with Crippen LogP contribution < -0.4 is 5.73 Å². The molecule has 0 rings (SSSR count). The SMILES string of the molecule is CC(OC=O)C(N)C=O. The zero-order valence-corrected chi connectivity index (χ0v) is 5.11. The molecule has 0 saturated carbocycles. The van der Waals surface area contributed by atoms with Gasteiger partial charge < -0.3 is 15.3 Å². The molecule has 0 fully saturated rings. The van der Waals surface area contributed by atoms with Crippen molar-refractivity contribution in [2.75, 3.05) is 0 Å². The van der Waals surface area contributed by atoms with Crippen molar-refractivity contribution in [3.05, 3.63) is 0 Å². The third kappa shape index (κ3) is 2.81. The minimum absolute atomic E-state index is 0.272. The summed E-state index contributed by atoms with van der Waals surface area (Å²) in [6.45, 7) is 1.82. The third-order valence-corrected chi connectivity index (χ3v) is 0.969. The minimum atomic E-state index is -0.713. The van der Waals surface area contributed by atoms with Gasteiger partial charge in [0.05, 0.1) is 6.04 Å². The summed E-state index contributed by atoms with van der Waals surface area (Å²) in [5.41, 5.74) is 5.15. The summed E-state index contributed by atoms with van der Waals surface area (Å²) >= 11 is 0. The summed E-state index contributed by atoms with van der Waals surface area (Å²) in [5.74, 6) is 0. The Hall–Kier alpha value is -0.900. The fourth-order valence-electron chi connectivity index (χ4n) is 0.289. The Labute approximate surface area is 53.0 Å². The third-order valence-electron chi connectivity index (χ3n) is 0.969. The van der Waals surface area contributed by atoms with Crippen molar-refractivity contribution in [2.24, 2.45) is 5.73 Å². The van der Waals surface area contributed by atoms with Gasteiger partial charge in [0.2, 0.25) is 0 Å². The summed E-state index contributed by atoms with van der Waals surface area (Å²) in [5, 5.41) is 0. The van der Waals surface area contributed by atoms with Crippen LogP contribution in [0.5, 0.6) is 0 Å². The van der Waals surface area contributed by atoms with E-state index in [4.69, 9.17) is 5.73 Å². The Morgan fingerprint density at radius 2 is 2.11 bits per heavy atom. The molecule has 0 aliphatic heterocycles. The molecule has 0 radical (unpaired) electrons. The van der Waals surface area contributed by atoms with E-state index in [2.05, 4.69) is 4.74 Å². The van der Waals surface area contributed by atoms with Crippen LogP contribution in [-0.4, -0.2) is 24.9 Å². The summed E-state index contributed by atoms with van der Waals surface area (Å²) in [7, 11) is 0. The summed E-state index contributed by atoms with van der Waals surface area (Å²) in [6.07, 6.45) is 0.00810. The predicted molar refractivity (Wildman–Crippen MR) is 30.7 cm³/mol. The van der Waals surface area contributed by atoms with Gasteiger partial charge >= 0.3 is 0 Å². The highest BCUT2D eigenvalue weighted by Gasteiger charge is 2.10. The summed E-state index contributed by atoms with van der Waals surface area (Å²) < 4.78 is 4.36. The van der Waals surface area contributed by atoms with Gasteiger partial charge in [-0.05, 0) is 6.92 Å². The normalized spacial score (nSPS) is 15.8. The first-order valence-corrected chi connectivity index (χ1v) is 2.52. The van der Waals surface area contributed by atoms with Gasteiger partial charge in [0.15, 0.2) is 0 Å². The molecule has 0 heterocycles. The van der Waals surface area contributed by atoms with Crippen LogP contribution in [0.15, 0.2) is 0 Å². The molecule has 0 saturated heterocycles. The molecule has 0 aromatic carbocycles. The van der Waals surface area contributed by atoms with E-state index in [0.29, 0.717) is 6.29 Å². The number of aldehydes is 1. The van der Waals surface area contributed by atoms with Gasteiger partial charge in [0.25, 0.3) is 6.47 Å². The average Bonchev–Trinajstić information content (AvgIpc) is 1.87. The lowest BCUT2D eigenvalue weighted by molar-refractivity contribution is -0.134. The van der Waals surface area contributed by atoms with E-state index in [1.807, 2.05) is 0 Å². The number of ether oxygens (including phenoxy) is 1. The zero-order valence-electron chi connectivity index (χ0n) is 5.11. The van der Waals surface area contributed by atoms with Crippen molar-refractivity contribution in [1.29, 1.82) is 0 Å². The molecule has 0 aliphatic carbocycles. The molecule has 0 aromatic heterocycles. The number of carbonyl (C=O) groups is 2. The fourth-order valence-corrected chi connectivity index (χ4v) is 0.289. The molecule has 9 heavy (non-hydrogen) atoms. The van der Waals surface area contributed by atoms with Crippen molar-refractivity contribution in [3.8, 4) is 0 Å². The molecule has 4 heteroatoms. The van der Waals surface area contributed by atoms with Crippen LogP contribution >= 0.6 is 0 Å². The van der Waals surface area contributed by atoms with Crippen LogP contribution in [0.2, 0.25) is 0 Å². The molecule has 0 aromatic rings. The topological polar surface area (TPSA) is 69.4 Å². The molecule has 4 nitrogen and oxygen atoms in total. The van der Waals surface area contributed by atoms with E-state index >= 15 is 0 Å². The monoisotopic (exact) mass is 131 g/mol. The van der Waals surface area contributed by atoms with Gasteiger partial charge in [-0.15, -0.1) is 0 Å². The van der Waals surface area contributed by atoms with Gasteiger partial charge in [0, 0.05) is 0 Å². The molecule has 2 unspecified atom stereocenters. The second-order valence-corrected chi connectivity index (χ2v) is 1.65. The average molecular weight is 131 g/mol. The maximum absolute atomic E-state index is 9.90. The van der Waals surface area contributed by atoms with E-state index in [9.17, 15) is 9.59 Å². The van der Waals surface area contributed by atoms with E-state index in [0.717, 1.165) is 0 Å². The van der Waals surface area contributed by atoms with Crippen LogP contribution in [0.4, 0.5) is 0 Å².